The molecule has 0 aromatic carbocycles. The van der Waals surface area contributed by atoms with Crippen LogP contribution in [0.1, 0.15) is 41.1 Å². The Balaban J connectivity index is 1.44. The molecule has 3 aromatic rings. The van der Waals surface area contributed by atoms with Gasteiger partial charge in [-0.2, -0.15) is 0 Å². The molecular formula is C20H22N4O3S3. The lowest BCUT2D eigenvalue weighted by molar-refractivity contribution is -0.113. The predicted octanol–water partition coefficient (Wildman–Crippen LogP) is 4.63. The molecule has 0 radical (unpaired) electrons. The molecule has 0 aliphatic heterocycles. The summed E-state index contributed by atoms with van der Waals surface area (Å²) >= 11 is 4.32. The number of anilines is 1. The summed E-state index contributed by atoms with van der Waals surface area (Å²) in [5.41, 5.74) is 1.56. The first-order chi connectivity index (χ1) is 14.5. The lowest BCUT2D eigenvalue weighted by Crippen LogP contribution is -2.17. The fourth-order valence-corrected chi connectivity index (χ4v) is 6.06. The van der Waals surface area contributed by atoms with Crippen LogP contribution in [0.25, 0.3) is 10.7 Å². The first kappa shape index (κ1) is 21.1. The Morgan fingerprint density at radius 1 is 1.43 bits per heavy atom. The molecule has 1 atom stereocenters. The molecule has 10 heteroatoms. The lowest BCUT2D eigenvalue weighted by Gasteiger charge is -2.18. The molecule has 1 aliphatic rings. The number of nitrogens with zero attached hydrogens (tertiary/aromatic N) is 2. The highest BCUT2D eigenvalue weighted by atomic mass is 32.2. The Bertz CT molecular complexity index is 1040. The quantitative estimate of drug-likeness (QED) is 0.393. The third-order valence-electron chi connectivity index (χ3n) is 4.80. The number of aromatic amines is 1. The molecule has 3 heterocycles. The number of amides is 1. The molecule has 0 fully saturated rings. The van der Waals surface area contributed by atoms with E-state index in [0.717, 1.165) is 29.7 Å². The molecule has 0 bridgehead atoms. The first-order valence-electron chi connectivity index (χ1n) is 9.75. The van der Waals surface area contributed by atoms with E-state index in [0.29, 0.717) is 34.1 Å². The van der Waals surface area contributed by atoms with Crippen LogP contribution in [-0.4, -0.2) is 39.4 Å². The van der Waals surface area contributed by atoms with E-state index in [9.17, 15) is 9.59 Å². The van der Waals surface area contributed by atoms with Gasteiger partial charge in [-0.05, 0) is 49.1 Å². The van der Waals surface area contributed by atoms with Gasteiger partial charge in [0.25, 0.3) is 0 Å². The number of hydrogen-bond donors (Lipinski definition) is 2. The molecule has 158 valence electrons. The number of hydrogen-bond acceptors (Lipinski definition) is 8. The van der Waals surface area contributed by atoms with Gasteiger partial charge >= 0.3 is 5.97 Å². The van der Waals surface area contributed by atoms with Crippen LogP contribution < -0.4 is 5.32 Å². The summed E-state index contributed by atoms with van der Waals surface area (Å²) in [5.74, 6) is 0.871. The van der Waals surface area contributed by atoms with Gasteiger partial charge in [0.1, 0.15) is 5.00 Å². The van der Waals surface area contributed by atoms with Crippen LogP contribution in [0.2, 0.25) is 0 Å². The summed E-state index contributed by atoms with van der Waals surface area (Å²) in [7, 11) is 0. The standard InChI is InChI=1S/C20H22N4O3S3/c1-3-27-19(26)16-12-7-6-11(2)9-14(12)30-18(16)21-15(25)10-29-20-22-17(23-24-20)13-5-4-8-28-13/h4-5,8,11H,3,6-7,9-10H2,1-2H3,(H,21,25)(H,22,23,24). The van der Waals surface area contributed by atoms with Gasteiger partial charge < -0.3 is 10.1 Å². The average molecular weight is 463 g/mol. The van der Waals surface area contributed by atoms with Crippen molar-refractivity contribution < 1.29 is 14.3 Å². The molecule has 30 heavy (non-hydrogen) atoms. The second-order valence-corrected chi connectivity index (χ2v) is 10.1. The first-order valence-corrected chi connectivity index (χ1v) is 12.4. The Hall–Kier alpha value is -2.17. The molecular weight excluding hydrogens is 440 g/mol. The van der Waals surface area contributed by atoms with Crippen LogP contribution >= 0.6 is 34.4 Å². The van der Waals surface area contributed by atoms with Crippen LogP contribution in [0.4, 0.5) is 5.00 Å². The van der Waals surface area contributed by atoms with Gasteiger partial charge in [-0.1, -0.05) is 24.8 Å². The molecule has 0 spiro atoms. The molecule has 2 N–H and O–H groups in total. The van der Waals surface area contributed by atoms with Gasteiger partial charge in [-0.3, -0.25) is 9.89 Å². The Labute approximate surface area is 186 Å². The fraction of sp³-hybridized carbons (Fsp3) is 0.400. The number of aromatic nitrogens is 3. The number of nitrogens with one attached hydrogen (secondary N) is 2. The number of thiophene rings is 2. The number of carbonyl (C=O) groups is 2. The normalized spacial score (nSPS) is 15.6. The van der Waals surface area contributed by atoms with Crippen LogP contribution in [0.15, 0.2) is 22.7 Å². The van der Waals surface area contributed by atoms with Gasteiger partial charge in [0.15, 0.2) is 5.82 Å². The highest BCUT2D eigenvalue weighted by Gasteiger charge is 2.29. The van der Waals surface area contributed by atoms with E-state index in [1.54, 1.807) is 18.3 Å². The summed E-state index contributed by atoms with van der Waals surface area (Å²) in [6, 6.07) is 3.91. The highest BCUT2D eigenvalue weighted by Crippen LogP contribution is 2.40. The molecule has 4 rings (SSSR count). The summed E-state index contributed by atoms with van der Waals surface area (Å²) in [6.45, 7) is 4.30. The zero-order valence-electron chi connectivity index (χ0n) is 16.7. The average Bonchev–Trinajstić information content (AvgIpc) is 3.45. The zero-order valence-corrected chi connectivity index (χ0v) is 19.1. The highest BCUT2D eigenvalue weighted by molar-refractivity contribution is 7.99. The third kappa shape index (κ3) is 4.60. The predicted molar refractivity (Wildman–Crippen MR) is 121 cm³/mol. The number of H-pyrrole nitrogens is 1. The van der Waals surface area contributed by atoms with Crippen LogP contribution in [0.3, 0.4) is 0 Å². The van der Waals surface area contributed by atoms with Crippen molar-refractivity contribution in [1.82, 2.24) is 15.2 Å². The van der Waals surface area contributed by atoms with E-state index in [2.05, 4.69) is 27.4 Å². The number of ether oxygens (including phenoxy) is 1. The van der Waals surface area contributed by atoms with Crippen LogP contribution in [-0.2, 0) is 22.4 Å². The summed E-state index contributed by atoms with van der Waals surface area (Å²) in [6.07, 6.45) is 2.81. The molecule has 1 unspecified atom stereocenters. The maximum atomic E-state index is 12.6. The van der Waals surface area contributed by atoms with E-state index in [1.165, 1.54) is 28.0 Å². The molecule has 1 amide bonds. The Morgan fingerprint density at radius 3 is 3.07 bits per heavy atom. The van der Waals surface area contributed by atoms with Crippen molar-refractivity contribution >= 4 is 51.3 Å². The van der Waals surface area contributed by atoms with E-state index in [4.69, 9.17) is 4.74 Å². The number of carbonyl (C=O) groups excluding carboxylic acids is 2. The van der Waals surface area contributed by atoms with E-state index >= 15 is 0 Å². The molecule has 0 saturated carbocycles. The maximum absolute atomic E-state index is 12.6. The van der Waals surface area contributed by atoms with E-state index < -0.39 is 0 Å². The van der Waals surface area contributed by atoms with Crippen molar-refractivity contribution in [2.45, 2.75) is 38.3 Å². The number of fused-ring (bicyclic) bond motifs is 1. The zero-order chi connectivity index (χ0) is 21.1. The second kappa shape index (κ2) is 9.32. The van der Waals surface area contributed by atoms with Crippen LogP contribution in [0, 0.1) is 5.92 Å². The topological polar surface area (TPSA) is 97.0 Å². The van der Waals surface area contributed by atoms with E-state index in [1.807, 2.05) is 17.5 Å². The smallest absolute Gasteiger partial charge is 0.341 e. The lowest BCUT2D eigenvalue weighted by atomic mass is 9.88. The van der Waals surface area contributed by atoms with Gasteiger partial charge in [-0.15, -0.1) is 27.8 Å². The van der Waals surface area contributed by atoms with Crippen molar-refractivity contribution in [3.8, 4) is 10.7 Å². The minimum absolute atomic E-state index is 0.156. The van der Waals surface area contributed by atoms with Crippen molar-refractivity contribution in [2.24, 2.45) is 5.92 Å². The maximum Gasteiger partial charge on any atom is 0.341 e. The number of esters is 1. The van der Waals surface area contributed by atoms with Crippen molar-refractivity contribution in [3.05, 3.63) is 33.5 Å². The largest absolute Gasteiger partial charge is 0.462 e. The van der Waals surface area contributed by atoms with Crippen LogP contribution in [0.5, 0.6) is 0 Å². The van der Waals surface area contributed by atoms with Crippen molar-refractivity contribution in [1.29, 1.82) is 0 Å². The summed E-state index contributed by atoms with van der Waals surface area (Å²) in [5, 5.41) is 13.1. The summed E-state index contributed by atoms with van der Waals surface area (Å²) < 4.78 is 5.26. The molecule has 1 aliphatic carbocycles. The van der Waals surface area contributed by atoms with Crippen molar-refractivity contribution in [3.63, 3.8) is 0 Å². The Kier molecular flexibility index (Phi) is 6.55. The number of rotatable bonds is 7. The third-order valence-corrected chi connectivity index (χ3v) is 7.69. The molecule has 0 saturated heterocycles. The fourth-order valence-electron chi connectivity index (χ4n) is 3.39. The monoisotopic (exact) mass is 462 g/mol. The van der Waals surface area contributed by atoms with Gasteiger partial charge in [0, 0.05) is 4.88 Å². The van der Waals surface area contributed by atoms with Gasteiger partial charge in [-0.25, -0.2) is 9.78 Å². The molecule has 3 aromatic heterocycles. The minimum atomic E-state index is -0.359. The minimum Gasteiger partial charge on any atom is -0.462 e. The van der Waals surface area contributed by atoms with Gasteiger partial charge in [0.2, 0.25) is 11.1 Å². The van der Waals surface area contributed by atoms with E-state index in [-0.39, 0.29) is 17.6 Å². The second-order valence-electron chi connectivity index (χ2n) is 7.06. The molecule has 7 nitrogen and oxygen atoms in total. The Morgan fingerprint density at radius 2 is 2.30 bits per heavy atom. The van der Waals surface area contributed by atoms with Crippen molar-refractivity contribution in [2.75, 3.05) is 17.7 Å². The van der Waals surface area contributed by atoms with Gasteiger partial charge in [0.05, 0.1) is 22.8 Å². The summed E-state index contributed by atoms with van der Waals surface area (Å²) in [4.78, 5) is 31.7. The SMILES string of the molecule is CCOC(=O)c1c(NC(=O)CSc2n[nH]c(-c3cccs3)n2)sc2c1CCC(C)C2. The number of thioether (sulfide) groups is 1.